The van der Waals surface area contributed by atoms with Gasteiger partial charge in [0.15, 0.2) is 5.16 Å². The maximum absolute atomic E-state index is 13.3. The molecule has 0 bridgehead atoms. The van der Waals surface area contributed by atoms with Crippen LogP contribution in [0.2, 0.25) is 5.02 Å². The minimum absolute atomic E-state index is 0.0795. The number of fused-ring (bicyclic) bond motifs is 1. The lowest BCUT2D eigenvalue weighted by Gasteiger charge is -2.15. The van der Waals surface area contributed by atoms with E-state index in [2.05, 4.69) is 29.5 Å². The van der Waals surface area contributed by atoms with Gasteiger partial charge in [-0.1, -0.05) is 49.3 Å². The molecule has 7 nitrogen and oxygen atoms in total. The zero-order chi connectivity index (χ0) is 22.5. The van der Waals surface area contributed by atoms with Gasteiger partial charge in [0.1, 0.15) is 0 Å². The van der Waals surface area contributed by atoms with Crippen LogP contribution in [0, 0.1) is 0 Å². The molecule has 0 saturated carbocycles. The number of nitrogens with zero attached hydrogens (tertiary/aromatic N) is 2. The Labute approximate surface area is 189 Å². The van der Waals surface area contributed by atoms with Crippen LogP contribution in [0.3, 0.4) is 0 Å². The number of nitrogens with one attached hydrogen (secondary N) is 2. The Kier molecular flexibility index (Phi) is 7.35. The van der Waals surface area contributed by atoms with E-state index >= 15 is 0 Å². The summed E-state index contributed by atoms with van der Waals surface area (Å²) in [5.74, 6) is -0.167. The lowest BCUT2D eigenvalue weighted by atomic mass is 9.98. The van der Waals surface area contributed by atoms with Crippen LogP contribution in [0.4, 0.5) is 4.79 Å². The zero-order valence-corrected chi connectivity index (χ0v) is 19.0. The zero-order valence-electron chi connectivity index (χ0n) is 17.4. The van der Waals surface area contributed by atoms with Gasteiger partial charge in [-0.15, -0.1) is 0 Å². The quantitative estimate of drug-likeness (QED) is 0.428. The van der Waals surface area contributed by atoms with Crippen molar-refractivity contribution in [3.8, 4) is 5.69 Å². The topological polar surface area (TPSA) is 93.1 Å². The predicted octanol–water partition coefficient (Wildman–Crippen LogP) is 4.10. The molecule has 3 aromatic rings. The summed E-state index contributed by atoms with van der Waals surface area (Å²) >= 11 is 7.17. The summed E-state index contributed by atoms with van der Waals surface area (Å²) in [7, 11) is 1.42. The molecule has 0 aliphatic heterocycles. The van der Waals surface area contributed by atoms with Crippen LogP contribution < -0.4 is 16.2 Å². The largest absolute Gasteiger partial charge is 0.341 e. The number of hydrogen-bond donors (Lipinski definition) is 2. The molecule has 0 saturated heterocycles. The van der Waals surface area contributed by atoms with E-state index in [0.29, 0.717) is 32.7 Å². The summed E-state index contributed by atoms with van der Waals surface area (Å²) in [4.78, 5) is 41.3. The van der Waals surface area contributed by atoms with Gasteiger partial charge in [-0.05, 0) is 48.2 Å². The summed E-state index contributed by atoms with van der Waals surface area (Å²) < 4.78 is 1.47. The number of carbonyl (C=O) groups excluding carboxylic acids is 2. The van der Waals surface area contributed by atoms with Crippen molar-refractivity contribution in [2.45, 2.75) is 31.3 Å². The minimum atomic E-state index is -0.593. The third-order valence-corrected chi connectivity index (χ3v) is 6.12. The van der Waals surface area contributed by atoms with E-state index < -0.39 is 11.9 Å². The Morgan fingerprint density at radius 2 is 1.90 bits per heavy atom. The van der Waals surface area contributed by atoms with Gasteiger partial charge in [0.2, 0.25) is 5.91 Å². The first-order valence-corrected chi connectivity index (χ1v) is 11.2. The molecule has 31 heavy (non-hydrogen) atoms. The highest BCUT2D eigenvalue weighted by molar-refractivity contribution is 7.99. The summed E-state index contributed by atoms with van der Waals surface area (Å²) in [6.07, 6.45) is 1.01. The van der Waals surface area contributed by atoms with Gasteiger partial charge in [0, 0.05) is 12.1 Å². The van der Waals surface area contributed by atoms with Gasteiger partial charge in [0.05, 0.1) is 22.3 Å². The van der Waals surface area contributed by atoms with Crippen LogP contribution in [0.5, 0.6) is 0 Å². The molecular formula is C22H23ClN4O3S. The number of urea groups is 1. The van der Waals surface area contributed by atoms with E-state index in [1.165, 1.54) is 17.2 Å². The highest BCUT2D eigenvalue weighted by atomic mass is 35.5. The van der Waals surface area contributed by atoms with Crippen LogP contribution in [0.1, 0.15) is 31.7 Å². The number of imide groups is 1. The molecule has 2 aromatic carbocycles. The van der Waals surface area contributed by atoms with E-state index in [0.717, 1.165) is 18.2 Å². The van der Waals surface area contributed by atoms with E-state index in [1.54, 1.807) is 18.2 Å². The van der Waals surface area contributed by atoms with E-state index in [1.807, 2.05) is 24.3 Å². The van der Waals surface area contributed by atoms with Crippen molar-refractivity contribution >= 4 is 46.2 Å². The normalized spacial score (nSPS) is 11.9. The number of hydrogen-bond acceptors (Lipinski definition) is 5. The molecule has 0 fully saturated rings. The van der Waals surface area contributed by atoms with Crippen LogP contribution >= 0.6 is 23.4 Å². The Morgan fingerprint density at radius 1 is 1.19 bits per heavy atom. The van der Waals surface area contributed by atoms with E-state index in [4.69, 9.17) is 11.6 Å². The Hall–Kier alpha value is -2.84. The average Bonchev–Trinajstić information content (AvgIpc) is 2.77. The third kappa shape index (κ3) is 5.26. The van der Waals surface area contributed by atoms with Crippen molar-refractivity contribution in [2.75, 3.05) is 12.8 Å². The lowest BCUT2D eigenvalue weighted by molar-refractivity contribution is -0.117. The minimum Gasteiger partial charge on any atom is -0.341 e. The second-order valence-corrected chi connectivity index (χ2v) is 8.39. The Balaban J connectivity index is 2.05. The first kappa shape index (κ1) is 22.8. The first-order valence-electron chi connectivity index (χ1n) is 9.81. The standard InChI is InChI=1S/C22H23ClN4O3S/c1-4-13(2)14-5-8-16(9-6-14)27-20(29)17-11-15(23)7-10-18(17)25-22(27)31-12-19(28)26-21(30)24-3/h5-11,13H,4,12H2,1-3H3,(H2,24,26,28,30). The van der Waals surface area contributed by atoms with E-state index in [9.17, 15) is 14.4 Å². The highest BCUT2D eigenvalue weighted by Gasteiger charge is 2.16. The molecule has 0 aliphatic carbocycles. The van der Waals surface area contributed by atoms with Crippen LogP contribution in [0.25, 0.3) is 16.6 Å². The van der Waals surface area contributed by atoms with Gasteiger partial charge in [-0.25, -0.2) is 9.78 Å². The molecule has 1 unspecified atom stereocenters. The molecule has 0 spiro atoms. The monoisotopic (exact) mass is 458 g/mol. The number of thioether (sulfide) groups is 1. The number of carbonyl (C=O) groups is 2. The number of aromatic nitrogens is 2. The molecule has 1 aromatic heterocycles. The predicted molar refractivity (Wildman–Crippen MR) is 124 cm³/mol. The van der Waals surface area contributed by atoms with Crippen molar-refractivity contribution in [1.82, 2.24) is 20.2 Å². The Bertz CT molecular complexity index is 1180. The first-order chi connectivity index (χ1) is 14.8. The molecule has 0 aliphatic rings. The van der Waals surface area contributed by atoms with Gasteiger partial charge in [-0.2, -0.15) is 0 Å². The molecule has 9 heteroatoms. The fraction of sp³-hybridized carbons (Fsp3) is 0.273. The summed E-state index contributed by atoms with van der Waals surface area (Å²) in [5, 5.41) is 5.70. The Morgan fingerprint density at radius 3 is 2.55 bits per heavy atom. The van der Waals surface area contributed by atoms with Crippen molar-refractivity contribution in [1.29, 1.82) is 0 Å². The van der Waals surface area contributed by atoms with Crippen LogP contribution in [-0.4, -0.2) is 34.3 Å². The van der Waals surface area contributed by atoms with Crippen molar-refractivity contribution in [3.63, 3.8) is 0 Å². The fourth-order valence-corrected chi connectivity index (χ4v) is 3.99. The average molecular weight is 459 g/mol. The van der Waals surface area contributed by atoms with Gasteiger partial charge in [-0.3, -0.25) is 19.5 Å². The van der Waals surface area contributed by atoms with Gasteiger partial charge < -0.3 is 5.32 Å². The summed E-state index contributed by atoms with van der Waals surface area (Å²) in [5.41, 5.74) is 2.02. The van der Waals surface area contributed by atoms with Crippen LogP contribution in [0.15, 0.2) is 52.4 Å². The molecule has 3 amide bonds. The molecule has 2 N–H and O–H groups in total. The number of amides is 3. The fourth-order valence-electron chi connectivity index (χ4n) is 3.00. The van der Waals surface area contributed by atoms with Crippen molar-refractivity contribution in [2.24, 2.45) is 0 Å². The number of halogens is 1. The highest BCUT2D eigenvalue weighted by Crippen LogP contribution is 2.25. The third-order valence-electron chi connectivity index (χ3n) is 4.94. The van der Waals surface area contributed by atoms with Crippen molar-refractivity contribution < 1.29 is 9.59 Å². The lowest BCUT2D eigenvalue weighted by Crippen LogP contribution is -2.38. The van der Waals surface area contributed by atoms with Gasteiger partial charge in [0.25, 0.3) is 5.56 Å². The second-order valence-electron chi connectivity index (χ2n) is 7.01. The van der Waals surface area contributed by atoms with Crippen LogP contribution in [-0.2, 0) is 4.79 Å². The SMILES string of the molecule is CCC(C)c1ccc(-n2c(SCC(=O)NC(=O)NC)nc3ccc(Cl)cc3c2=O)cc1. The molecular weight excluding hydrogens is 436 g/mol. The number of rotatable bonds is 6. The molecule has 0 radical (unpaired) electrons. The molecule has 162 valence electrons. The smallest absolute Gasteiger partial charge is 0.321 e. The van der Waals surface area contributed by atoms with E-state index in [-0.39, 0.29) is 11.3 Å². The molecule has 1 atom stereocenters. The van der Waals surface area contributed by atoms with Crippen molar-refractivity contribution in [3.05, 3.63) is 63.4 Å². The summed E-state index contributed by atoms with van der Waals surface area (Å²) in [6.45, 7) is 4.27. The molecule has 3 rings (SSSR count). The molecule has 1 heterocycles. The van der Waals surface area contributed by atoms with Gasteiger partial charge >= 0.3 is 6.03 Å². The second kappa shape index (κ2) is 9.98. The maximum atomic E-state index is 13.3. The summed E-state index contributed by atoms with van der Waals surface area (Å²) in [6, 6.07) is 12.0. The maximum Gasteiger partial charge on any atom is 0.321 e. The number of benzene rings is 2.